The van der Waals surface area contributed by atoms with Crippen LogP contribution in [-0.4, -0.2) is 17.7 Å². The van der Waals surface area contributed by atoms with E-state index in [-0.39, 0.29) is 23.7 Å². The fraction of sp³-hybridized carbons (Fsp3) is 0.161. The number of carbonyl (C=O) groups excluding carboxylic acids is 2. The molecule has 4 nitrogen and oxygen atoms in total. The Morgan fingerprint density at radius 3 is 2.06 bits per heavy atom. The van der Waals surface area contributed by atoms with Crippen LogP contribution in [0.15, 0.2) is 115 Å². The molecule has 172 valence electrons. The van der Waals surface area contributed by atoms with Crippen molar-refractivity contribution < 1.29 is 9.59 Å². The normalized spacial score (nSPS) is 24.8. The van der Waals surface area contributed by atoms with E-state index in [0.29, 0.717) is 12.0 Å². The summed E-state index contributed by atoms with van der Waals surface area (Å²) in [7, 11) is 0. The van der Waals surface area contributed by atoms with Crippen molar-refractivity contribution in [1.82, 2.24) is 5.32 Å². The molecule has 1 spiro atoms. The van der Waals surface area contributed by atoms with E-state index in [2.05, 4.69) is 34.9 Å². The number of nitrogens with one attached hydrogen (secondary N) is 2. The predicted octanol–water partition coefficient (Wildman–Crippen LogP) is 5.33. The second-order valence-electron chi connectivity index (χ2n) is 9.39. The lowest BCUT2D eigenvalue weighted by Gasteiger charge is -2.31. The van der Waals surface area contributed by atoms with Gasteiger partial charge in [-0.2, -0.15) is 0 Å². The van der Waals surface area contributed by atoms with Crippen LogP contribution in [0.4, 0.5) is 5.69 Å². The van der Waals surface area contributed by atoms with Gasteiger partial charge in [-0.05, 0) is 23.6 Å². The zero-order valence-electron chi connectivity index (χ0n) is 19.2. The Hall–Kier alpha value is -4.02. The van der Waals surface area contributed by atoms with Crippen molar-refractivity contribution in [3.8, 4) is 0 Å². The number of carbonyl (C=O) groups is 2. The summed E-state index contributed by atoms with van der Waals surface area (Å²) in [5.41, 5.74) is 3.31. The van der Waals surface area contributed by atoms with E-state index in [1.807, 2.05) is 91.0 Å². The van der Waals surface area contributed by atoms with Crippen LogP contribution in [0.1, 0.15) is 33.0 Å². The van der Waals surface area contributed by atoms with Gasteiger partial charge in [0.05, 0.1) is 5.92 Å². The summed E-state index contributed by atoms with van der Waals surface area (Å²) in [6.45, 7) is 0. The van der Waals surface area contributed by atoms with Crippen LogP contribution in [0.2, 0.25) is 0 Å². The Morgan fingerprint density at radius 1 is 0.743 bits per heavy atom. The van der Waals surface area contributed by atoms with Gasteiger partial charge in [-0.1, -0.05) is 109 Å². The van der Waals surface area contributed by atoms with E-state index >= 15 is 0 Å². The monoisotopic (exact) mass is 458 g/mol. The first-order chi connectivity index (χ1) is 17.2. The molecule has 2 N–H and O–H groups in total. The van der Waals surface area contributed by atoms with Crippen molar-refractivity contribution in [1.29, 1.82) is 0 Å². The summed E-state index contributed by atoms with van der Waals surface area (Å²) >= 11 is 0. The Kier molecular flexibility index (Phi) is 5.31. The van der Waals surface area contributed by atoms with E-state index in [9.17, 15) is 9.59 Å². The molecule has 4 heteroatoms. The summed E-state index contributed by atoms with van der Waals surface area (Å²) in [4.78, 5) is 28.2. The Bertz CT molecular complexity index is 1370. The van der Waals surface area contributed by atoms with Gasteiger partial charge in [-0.3, -0.25) is 14.9 Å². The highest BCUT2D eigenvalue weighted by molar-refractivity contribution is 6.12. The number of benzene rings is 4. The van der Waals surface area contributed by atoms with Gasteiger partial charge in [0.25, 0.3) is 0 Å². The van der Waals surface area contributed by atoms with Crippen molar-refractivity contribution >= 4 is 17.4 Å². The third-order valence-corrected chi connectivity index (χ3v) is 7.45. The lowest BCUT2D eigenvalue weighted by atomic mass is 9.69. The minimum absolute atomic E-state index is 0.0191. The Balaban J connectivity index is 1.57. The zero-order chi connectivity index (χ0) is 23.8. The molecule has 4 atom stereocenters. The number of hydrogen-bond acceptors (Lipinski definition) is 3. The molecule has 0 bridgehead atoms. The highest BCUT2D eigenvalue weighted by Gasteiger charge is 2.64. The van der Waals surface area contributed by atoms with Gasteiger partial charge in [-0.15, -0.1) is 0 Å². The van der Waals surface area contributed by atoms with E-state index in [1.54, 1.807) is 0 Å². The van der Waals surface area contributed by atoms with Gasteiger partial charge >= 0.3 is 0 Å². The molecule has 0 aliphatic carbocycles. The Morgan fingerprint density at radius 2 is 1.34 bits per heavy atom. The van der Waals surface area contributed by atoms with Gasteiger partial charge in [0, 0.05) is 28.8 Å². The standard InChI is InChI=1S/C31H26N2O2/c34-29(23-16-8-3-9-17-23)28-27(22-14-6-2-7-15-22)26(20-21-12-4-1-5-13-21)33-31(28)24-18-10-11-19-25(24)32-30(31)35/h1-19,26-28,33H,20H2,(H,32,35). The maximum Gasteiger partial charge on any atom is 0.250 e. The van der Waals surface area contributed by atoms with Crippen molar-refractivity contribution in [2.24, 2.45) is 5.92 Å². The molecule has 4 aromatic carbocycles. The maximum absolute atomic E-state index is 14.3. The molecule has 2 aliphatic heterocycles. The predicted molar refractivity (Wildman–Crippen MR) is 137 cm³/mol. The van der Waals surface area contributed by atoms with Crippen molar-refractivity contribution in [2.45, 2.75) is 23.9 Å². The number of ketones is 1. The fourth-order valence-electron chi connectivity index (χ4n) is 5.99. The molecule has 0 radical (unpaired) electrons. The average Bonchev–Trinajstić information content (AvgIpc) is 3.39. The van der Waals surface area contributed by atoms with Crippen LogP contribution in [0.3, 0.4) is 0 Å². The summed E-state index contributed by atoms with van der Waals surface area (Å²) in [5.74, 6) is -0.982. The first kappa shape index (κ1) is 21.5. The number of anilines is 1. The first-order valence-corrected chi connectivity index (χ1v) is 12.1. The third-order valence-electron chi connectivity index (χ3n) is 7.45. The van der Waals surface area contributed by atoms with Gasteiger partial charge in [0.1, 0.15) is 5.54 Å². The molecule has 1 saturated heterocycles. The molecule has 6 rings (SSSR count). The highest BCUT2D eigenvalue weighted by Crippen LogP contribution is 2.54. The minimum atomic E-state index is -1.15. The zero-order valence-corrected chi connectivity index (χ0v) is 19.2. The van der Waals surface area contributed by atoms with E-state index in [0.717, 1.165) is 16.8 Å². The largest absolute Gasteiger partial charge is 0.324 e. The molecule has 0 saturated carbocycles. The second kappa shape index (κ2) is 8.64. The molecule has 0 aromatic heterocycles. The number of hydrogen-bond donors (Lipinski definition) is 2. The SMILES string of the molecule is O=C(c1ccccc1)C1C(c2ccccc2)C(Cc2ccccc2)NC12C(=O)Nc1ccccc12. The van der Waals surface area contributed by atoms with Crippen LogP contribution in [0.5, 0.6) is 0 Å². The van der Waals surface area contributed by atoms with Crippen molar-refractivity contribution in [3.05, 3.63) is 138 Å². The second-order valence-corrected chi connectivity index (χ2v) is 9.39. The smallest absolute Gasteiger partial charge is 0.250 e. The quantitative estimate of drug-likeness (QED) is 0.398. The van der Waals surface area contributed by atoms with Crippen LogP contribution < -0.4 is 10.6 Å². The number of amides is 1. The van der Waals surface area contributed by atoms with Gasteiger partial charge in [0.2, 0.25) is 5.91 Å². The van der Waals surface area contributed by atoms with Gasteiger partial charge in [0.15, 0.2) is 5.78 Å². The number of fused-ring (bicyclic) bond motifs is 2. The molecule has 1 amide bonds. The van der Waals surface area contributed by atoms with Crippen LogP contribution in [0, 0.1) is 5.92 Å². The van der Waals surface area contributed by atoms with E-state index in [1.165, 1.54) is 5.56 Å². The first-order valence-electron chi connectivity index (χ1n) is 12.1. The van der Waals surface area contributed by atoms with Crippen LogP contribution in [0.25, 0.3) is 0 Å². The van der Waals surface area contributed by atoms with Gasteiger partial charge < -0.3 is 5.32 Å². The summed E-state index contributed by atoms with van der Waals surface area (Å²) in [6.07, 6.45) is 0.705. The lowest BCUT2D eigenvalue weighted by molar-refractivity contribution is -0.122. The van der Waals surface area contributed by atoms with Crippen LogP contribution >= 0.6 is 0 Å². The topological polar surface area (TPSA) is 58.2 Å². The average molecular weight is 459 g/mol. The van der Waals surface area contributed by atoms with Crippen molar-refractivity contribution in [2.75, 3.05) is 5.32 Å². The molecular weight excluding hydrogens is 432 g/mol. The highest BCUT2D eigenvalue weighted by atomic mass is 16.2. The van der Waals surface area contributed by atoms with Crippen molar-refractivity contribution in [3.63, 3.8) is 0 Å². The molecule has 35 heavy (non-hydrogen) atoms. The number of rotatable bonds is 5. The van der Waals surface area contributed by atoms with E-state index in [4.69, 9.17) is 0 Å². The molecule has 2 heterocycles. The molecule has 2 aliphatic rings. The molecular formula is C31H26N2O2. The lowest BCUT2D eigenvalue weighted by Crippen LogP contribution is -2.51. The maximum atomic E-state index is 14.3. The summed E-state index contributed by atoms with van der Waals surface area (Å²) < 4.78 is 0. The molecule has 1 fully saturated rings. The fourth-order valence-corrected chi connectivity index (χ4v) is 5.99. The number of para-hydroxylation sites is 1. The summed E-state index contributed by atoms with van der Waals surface area (Å²) in [5, 5.41) is 6.81. The van der Waals surface area contributed by atoms with E-state index < -0.39 is 11.5 Å². The molecule has 4 unspecified atom stereocenters. The molecule has 4 aromatic rings. The minimum Gasteiger partial charge on any atom is -0.324 e. The Labute approximate surface area is 205 Å². The number of Topliss-reactive ketones (excluding diaryl/α,β-unsaturated/α-hetero) is 1. The third kappa shape index (κ3) is 3.49. The van der Waals surface area contributed by atoms with Crippen LogP contribution in [-0.2, 0) is 16.8 Å². The van der Waals surface area contributed by atoms with Gasteiger partial charge in [-0.25, -0.2) is 0 Å². The summed E-state index contributed by atoms with van der Waals surface area (Å²) in [6, 6.07) is 37.4.